The van der Waals surface area contributed by atoms with E-state index in [1.54, 1.807) is 7.11 Å². The number of fused-ring (bicyclic) bond motifs is 2. The van der Waals surface area contributed by atoms with Gasteiger partial charge < -0.3 is 14.6 Å². The number of ether oxygens (including phenoxy) is 2. The van der Waals surface area contributed by atoms with Crippen molar-refractivity contribution in [2.45, 2.75) is 105 Å². The van der Waals surface area contributed by atoms with Crippen molar-refractivity contribution in [1.29, 1.82) is 0 Å². The highest BCUT2D eigenvalue weighted by atomic mass is 19.1. The largest absolute Gasteiger partial charge is 0.497 e. The fourth-order valence-corrected chi connectivity index (χ4v) is 7.17. The smallest absolute Gasteiger partial charge is 0.164 e. The summed E-state index contributed by atoms with van der Waals surface area (Å²) in [5.74, 6) is 0.940. The van der Waals surface area contributed by atoms with Crippen LogP contribution in [0.1, 0.15) is 92.9 Å². The molecule has 0 aliphatic heterocycles. The van der Waals surface area contributed by atoms with Gasteiger partial charge in [-0.15, -0.1) is 0 Å². The molecule has 3 rings (SSSR count). The van der Waals surface area contributed by atoms with E-state index >= 15 is 4.39 Å². The van der Waals surface area contributed by atoms with Crippen LogP contribution in [0.2, 0.25) is 0 Å². The van der Waals surface area contributed by atoms with Gasteiger partial charge in [-0.3, -0.25) is 0 Å². The molecule has 2 saturated carbocycles. The van der Waals surface area contributed by atoms with Crippen LogP contribution in [-0.2, 0) is 9.47 Å². The number of unbranched alkanes of at least 4 members (excludes halogenated alkanes) is 3. The van der Waals surface area contributed by atoms with Gasteiger partial charge >= 0.3 is 0 Å². The zero-order valence-electron chi connectivity index (χ0n) is 21.1. The zero-order chi connectivity index (χ0) is 23.2. The highest BCUT2D eigenvalue weighted by Gasteiger charge is 2.71. The molecule has 0 radical (unpaired) electrons. The Bertz CT molecular complexity index is 730. The van der Waals surface area contributed by atoms with E-state index in [2.05, 4.69) is 41.5 Å². The Labute approximate surface area is 189 Å². The van der Waals surface area contributed by atoms with Crippen molar-refractivity contribution in [1.82, 2.24) is 0 Å². The van der Waals surface area contributed by atoms with E-state index in [1.165, 1.54) is 26.4 Å². The number of hydrogen-bond donors (Lipinski definition) is 1. The lowest BCUT2D eigenvalue weighted by atomic mass is 9.55. The Morgan fingerprint density at radius 1 is 1.13 bits per heavy atom. The number of allylic oxidation sites excluding steroid dienone is 2. The lowest BCUT2D eigenvalue weighted by Gasteiger charge is -2.53. The first-order chi connectivity index (χ1) is 14.4. The van der Waals surface area contributed by atoms with Gasteiger partial charge in [0.2, 0.25) is 0 Å². The van der Waals surface area contributed by atoms with Crippen molar-refractivity contribution >= 4 is 0 Å². The van der Waals surface area contributed by atoms with Crippen molar-refractivity contribution in [3.63, 3.8) is 0 Å². The number of aliphatic hydroxyl groups is 1. The third kappa shape index (κ3) is 3.56. The Balaban J connectivity index is 2.03. The van der Waals surface area contributed by atoms with Crippen molar-refractivity contribution < 1.29 is 19.0 Å². The highest BCUT2D eigenvalue weighted by molar-refractivity contribution is 5.48. The van der Waals surface area contributed by atoms with Crippen LogP contribution in [-0.4, -0.2) is 31.1 Å². The lowest BCUT2D eigenvalue weighted by Crippen LogP contribution is -2.57. The van der Waals surface area contributed by atoms with Crippen LogP contribution in [0.3, 0.4) is 0 Å². The molecule has 1 N–H and O–H groups in total. The van der Waals surface area contributed by atoms with Gasteiger partial charge in [-0.25, -0.2) is 4.39 Å². The second kappa shape index (κ2) is 8.39. The van der Waals surface area contributed by atoms with Crippen LogP contribution < -0.4 is 0 Å². The van der Waals surface area contributed by atoms with Gasteiger partial charge in [0.1, 0.15) is 17.1 Å². The molecule has 3 aliphatic carbocycles. The molecule has 0 aromatic carbocycles. The molecule has 0 heterocycles. The molecule has 4 unspecified atom stereocenters. The summed E-state index contributed by atoms with van der Waals surface area (Å²) in [6.07, 6.45) is 9.30. The first-order valence-electron chi connectivity index (χ1n) is 12.3. The Kier molecular flexibility index (Phi) is 6.66. The maximum atomic E-state index is 16.2. The van der Waals surface area contributed by atoms with E-state index < -0.39 is 11.8 Å². The quantitative estimate of drug-likeness (QED) is 0.397. The van der Waals surface area contributed by atoms with Gasteiger partial charge in [0.15, 0.2) is 6.17 Å². The third-order valence-corrected chi connectivity index (χ3v) is 9.34. The predicted octanol–water partition coefficient (Wildman–Crippen LogP) is 6.96. The third-order valence-electron chi connectivity index (χ3n) is 9.34. The summed E-state index contributed by atoms with van der Waals surface area (Å²) in [5, 5.41) is 12.4. The molecular weight excluding hydrogens is 391 g/mol. The van der Waals surface area contributed by atoms with Gasteiger partial charge in [-0.2, -0.15) is 0 Å². The van der Waals surface area contributed by atoms with Gasteiger partial charge in [0.25, 0.3) is 0 Å². The summed E-state index contributed by atoms with van der Waals surface area (Å²) in [4.78, 5) is 0. The van der Waals surface area contributed by atoms with E-state index in [1.807, 2.05) is 6.08 Å². The summed E-state index contributed by atoms with van der Waals surface area (Å²) in [6.45, 7) is 12.9. The van der Waals surface area contributed by atoms with E-state index in [0.29, 0.717) is 17.3 Å². The van der Waals surface area contributed by atoms with Crippen LogP contribution >= 0.6 is 0 Å². The summed E-state index contributed by atoms with van der Waals surface area (Å²) in [6, 6.07) is 0. The number of rotatable bonds is 9. The standard InChI is InChI=1S/C27H45FO3/c1-9-10-11-12-14-24(2,3)19-16-20(30-7)21(23(31-8)22(19)28)27(29)25(4,5)18-13-15-26(27,6)17-18/h16,18-19,22,29H,9-15,17H2,1-8H3/t18?,19?,22?,26?,27-/m0/s1. The molecule has 0 spiro atoms. The molecule has 3 aliphatic rings. The van der Waals surface area contributed by atoms with Gasteiger partial charge in [0, 0.05) is 16.7 Å². The van der Waals surface area contributed by atoms with Crippen molar-refractivity contribution in [3.8, 4) is 0 Å². The van der Waals surface area contributed by atoms with Crippen LogP contribution in [0.15, 0.2) is 23.2 Å². The van der Waals surface area contributed by atoms with E-state index in [-0.39, 0.29) is 27.9 Å². The molecule has 0 aromatic heterocycles. The molecule has 2 fully saturated rings. The molecule has 5 atom stereocenters. The molecule has 178 valence electrons. The minimum atomic E-state index is -1.29. The lowest BCUT2D eigenvalue weighted by molar-refractivity contribution is -0.119. The molecule has 2 bridgehead atoms. The van der Waals surface area contributed by atoms with Gasteiger partial charge in [0.05, 0.1) is 19.8 Å². The highest BCUT2D eigenvalue weighted by Crippen LogP contribution is 2.71. The number of methoxy groups -OCH3 is 2. The summed E-state index contributed by atoms with van der Waals surface area (Å²) < 4.78 is 27.8. The number of hydrogen-bond acceptors (Lipinski definition) is 3. The van der Waals surface area contributed by atoms with Crippen molar-refractivity contribution in [2.75, 3.05) is 14.2 Å². The molecule has 31 heavy (non-hydrogen) atoms. The second-order valence-electron chi connectivity index (χ2n) is 11.8. The monoisotopic (exact) mass is 436 g/mol. The topological polar surface area (TPSA) is 38.7 Å². The first-order valence-corrected chi connectivity index (χ1v) is 12.3. The van der Waals surface area contributed by atoms with Crippen LogP contribution in [0, 0.1) is 28.1 Å². The molecule has 0 aromatic rings. The number of halogens is 1. The van der Waals surface area contributed by atoms with Crippen LogP contribution in [0.4, 0.5) is 4.39 Å². The number of alkyl halides is 1. The maximum Gasteiger partial charge on any atom is 0.164 e. The van der Waals surface area contributed by atoms with E-state index in [0.717, 1.165) is 32.1 Å². The van der Waals surface area contributed by atoms with Gasteiger partial charge in [-0.05, 0) is 43.1 Å². The second-order valence-corrected chi connectivity index (χ2v) is 11.8. The molecule has 3 nitrogen and oxygen atoms in total. The van der Waals surface area contributed by atoms with Crippen LogP contribution in [0.5, 0.6) is 0 Å². The molecule has 0 amide bonds. The molecular formula is C27H45FO3. The van der Waals surface area contributed by atoms with E-state index in [4.69, 9.17) is 9.47 Å². The molecule has 0 saturated heterocycles. The van der Waals surface area contributed by atoms with Gasteiger partial charge in [-0.1, -0.05) is 67.2 Å². The SMILES string of the molecule is CCCCCCC(C)(C)C1C=C(OC)C([C@@]2(O)C3(C)CCC(C3)C2(C)C)=C(OC)C1F. The normalized spacial score (nSPS) is 37.2. The minimum Gasteiger partial charge on any atom is -0.497 e. The Morgan fingerprint density at radius 3 is 2.32 bits per heavy atom. The molecule has 4 heteroatoms. The van der Waals surface area contributed by atoms with E-state index in [9.17, 15) is 5.11 Å². The fraction of sp³-hybridized carbons (Fsp3) is 0.852. The summed E-state index contributed by atoms with van der Waals surface area (Å²) in [5.41, 5.74) is -1.55. The fourth-order valence-electron chi connectivity index (χ4n) is 7.17. The Hall–Kier alpha value is -1.03. The average Bonchev–Trinajstić information content (AvgIpc) is 3.19. The minimum absolute atomic E-state index is 0.233. The average molecular weight is 437 g/mol. The summed E-state index contributed by atoms with van der Waals surface area (Å²) >= 11 is 0. The first kappa shape index (κ1) is 24.6. The maximum absolute atomic E-state index is 16.2. The van der Waals surface area contributed by atoms with Crippen LogP contribution in [0.25, 0.3) is 0 Å². The zero-order valence-corrected chi connectivity index (χ0v) is 21.1. The van der Waals surface area contributed by atoms with Crippen molar-refractivity contribution in [2.24, 2.45) is 28.1 Å². The Morgan fingerprint density at radius 2 is 1.81 bits per heavy atom. The van der Waals surface area contributed by atoms with Crippen molar-refractivity contribution in [3.05, 3.63) is 23.2 Å². The summed E-state index contributed by atoms with van der Waals surface area (Å²) in [7, 11) is 3.17. The predicted molar refractivity (Wildman–Crippen MR) is 124 cm³/mol.